The molecule has 0 radical (unpaired) electrons. The van der Waals surface area contributed by atoms with Crippen molar-refractivity contribution >= 4 is 11.9 Å². The summed E-state index contributed by atoms with van der Waals surface area (Å²) in [4.78, 5) is 23.9. The molecule has 1 aliphatic rings. The second-order valence-electron chi connectivity index (χ2n) is 4.62. The molecule has 0 aromatic rings. The number of rotatable bonds is 6. The van der Waals surface area contributed by atoms with Crippen molar-refractivity contribution in [2.45, 2.75) is 44.6 Å². The molecular formula is C12H22N2O3. The van der Waals surface area contributed by atoms with E-state index in [4.69, 9.17) is 5.11 Å². The highest BCUT2D eigenvalue weighted by atomic mass is 16.4. The lowest BCUT2D eigenvalue weighted by Crippen LogP contribution is -2.43. The number of nitrogens with zero attached hydrogens (tertiary/aromatic N) is 1. The van der Waals surface area contributed by atoms with Crippen LogP contribution < -0.4 is 5.32 Å². The van der Waals surface area contributed by atoms with Gasteiger partial charge in [-0.1, -0.05) is 19.3 Å². The van der Waals surface area contributed by atoms with E-state index in [2.05, 4.69) is 5.32 Å². The second kappa shape index (κ2) is 7.27. The number of aliphatic carboxylic acids is 1. The maximum atomic E-state index is 11.8. The Balaban J connectivity index is 2.19. The summed E-state index contributed by atoms with van der Waals surface area (Å²) >= 11 is 0. The van der Waals surface area contributed by atoms with Crippen molar-refractivity contribution in [3.8, 4) is 0 Å². The molecule has 0 aliphatic heterocycles. The average molecular weight is 242 g/mol. The van der Waals surface area contributed by atoms with E-state index in [-0.39, 0.29) is 18.9 Å². The van der Waals surface area contributed by atoms with Crippen LogP contribution in [0.25, 0.3) is 0 Å². The summed E-state index contributed by atoms with van der Waals surface area (Å²) in [6.07, 6.45) is 5.92. The standard InChI is InChI=1S/C12H22N2O3/c1-14(10-5-3-2-4-6-10)11(15)9-13-8-7-12(16)17/h10,13H,2-9H2,1H3,(H,16,17). The summed E-state index contributed by atoms with van der Waals surface area (Å²) in [5.41, 5.74) is 0. The van der Waals surface area contributed by atoms with Gasteiger partial charge in [0, 0.05) is 19.6 Å². The Morgan fingerprint density at radius 1 is 1.29 bits per heavy atom. The first kappa shape index (κ1) is 14.0. The lowest BCUT2D eigenvalue weighted by atomic mass is 9.94. The van der Waals surface area contributed by atoms with Crippen LogP contribution in [0.5, 0.6) is 0 Å². The number of amides is 1. The van der Waals surface area contributed by atoms with Crippen LogP contribution in [0.4, 0.5) is 0 Å². The van der Waals surface area contributed by atoms with Gasteiger partial charge in [-0.15, -0.1) is 0 Å². The minimum absolute atomic E-state index is 0.0560. The quantitative estimate of drug-likeness (QED) is 0.677. The van der Waals surface area contributed by atoms with Gasteiger partial charge >= 0.3 is 5.97 Å². The molecule has 0 bridgehead atoms. The van der Waals surface area contributed by atoms with Gasteiger partial charge in [-0.05, 0) is 12.8 Å². The van der Waals surface area contributed by atoms with Gasteiger partial charge in [-0.2, -0.15) is 0 Å². The van der Waals surface area contributed by atoms with Gasteiger partial charge in [0.25, 0.3) is 0 Å². The van der Waals surface area contributed by atoms with Gasteiger partial charge < -0.3 is 15.3 Å². The Hall–Kier alpha value is -1.10. The fourth-order valence-electron chi connectivity index (χ4n) is 2.19. The minimum atomic E-state index is -0.842. The van der Waals surface area contributed by atoms with Gasteiger partial charge in [0.2, 0.25) is 5.91 Å². The molecule has 0 heterocycles. The Labute approximate surface area is 102 Å². The van der Waals surface area contributed by atoms with Gasteiger partial charge in [-0.25, -0.2) is 0 Å². The topological polar surface area (TPSA) is 69.6 Å². The molecule has 1 amide bonds. The van der Waals surface area contributed by atoms with Crippen LogP contribution in [0.3, 0.4) is 0 Å². The zero-order chi connectivity index (χ0) is 12.7. The molecular weight excluding hydrogens is 220 g/mol. The van der Waals surface area contributed by atoms with Crippen molar-refractivity contribution in [1.29, 1.82) is 0 Å². The normalized spacial score (nSPS) is 16.8. The molecule has 0 atom stereocenters. The predicted octanol–water partition coefficient (Wildman–Crippen LogP) is 0.842. The fraction of sp³-hybridized carbons (Fsp3) is 0.833. The van der Waals surface area contributed by atoms with Gasteiger partial charge in [0.1, 0.15) is 0 Å². The largest absolute Gasteiger partial charge is 0.481 e. The Morgan fingerprint density at radius 3 is 2.53 bits per heavy atom. The van der Waals surface area contributed by atoms with Crippen molar-refractivity contribution in [2.75, 3.05) is 20.1 Å². The third-order valence-corrected chi connectivity index (χ3v) is 3.31. The molecule has 2 N–H and O–H groups in total. The lowest BCUT2D eigenvalue weighted by molar-refractivity contribution is -0.137. The summed E-state index contributed by atoms with van der Waals surface area (Å²) in [6.45, 7) is 0.583. The SMILES string of the molecule is CN(C(=O)CNCCC(=O)O)C1CCCCC1. The number of hydrogen-bond donors (Lipinski definition) is 2. The molecule has 1 aliphatic carbocycles. The minimum Gasteiger partial charge on any atom is -0.481 e. The number of nitrogens with one attached hydrogen (secondary N) is 1. The molecule has 0 aromatic heterocycles. The predicted molar refractivity (Wildman–Crippen MR) is 64.8 cm³/mol. The Bertz CT molecular complexity index is 262. The van der Waals surface area contributed by atoms with Crippen LogP contribution in [-0.2, 0) is 9.59 Å². The Kier molecular flexibility index (Phi) is 5.97. The zero-order valence-electron chi connectivity index (χ0n) is 10.4. The van der Waals surface area contributed by atoms with Crippen LogP contribution in [0.1, 0.15) is 38.5 Å². The number of carboxylic acids is 1. The summed E-state index contributed by atoms with van der Waals surface area (Å²) in [5.74, 6) is -0.784. The fourth-order valence-corrected chi connectivity index (χ4v) is 2.19. The van der Waals surface area contributed by atoms with Crippen molar-refractivity contribution in [3.05, 3.63) is 0 Å². The highest BCUT2D eigenvalue weighted by Gasteiger charge is 2.21. The van der Waals surface area contributed by atoms with Gasteiger partial charge in [0.05, 0.1) is 13.0 Å². The van der Waals surface area contributed by atoms with Crippen molar-refractivity contribution in [3.63, 3.8) is 0 Å². The smallest absolute Gasteiger partial charge is 0.304 e. The zero-order valence-corrected chi connectivity index (χ0v) is 10.4. The molecule has 0 aromatic carbocycles. The van der Waals surface area contributed by atoms with Crippen LogP contribution in [0, 0.1) is 0 Å². The van der Waals surface area contributed by atoms with Crippen LogP contribution in [0.2, 0.25) is 0 Å². The molecule has 5 nitrogen and oxygen atoms in total. The number of hydrogen-bond acceptors (Lipinski definition) is 3. The van der Waals surface area contributed by atoms with E-state index in [1.54, 1.807) is 0 Å². The number of carboxylic acid groups (broad SMARTS) is 1. The van der Waals surface area contributed by atoms with Crippen LogP contribution in [-0.4, -0.2) is 48.1 Å². The van der Waals surface area contributed by atoms with E-state index >= 15 is 0 Å². The maximum absolute atomic E-state index is 11.8. The second-order valence-corrected chi connectivity index (χ2v) is 4.62. The molecule has 0 unspecified atom stereocenters. The summed E-state index contributed by atoms with van der Waals surface area (Å²) < 4.78 is 0. The monoisotopic (exact) mass is 242 g/mol. The van der Waals surface area contributed by atoms with E-state index in [9.17, 15) is 9.59 Å². The van der Waals surface area contributed by atoms with Crippen molar-refractivity contribution < 1.29 is 14.7 Å². The van der Waals surface area contributed by atoms with E-state index in [1.807, 2.05) is 11.9 Å². The van der Waals surface area contributed by atoms with E-state index in [0.717, 1.165) is 12.8 Å². The first-order chi connectivity index (χ1) is 8.11. The van der Waals surface area contributed by atoms with Gasteiger partial charge in [-0.3, -0.25) is 9.59 Å². The molecule has 0 saturated heterocycles. The molecule has 0 spiro atoms. The lowest BCUT2D eigenvalue weighted by Gasteiger charge is -2.31. The number of carbonyl (C=O) groups excluding carboxylic acids is 1. The molecule has 98 valence electrons. The van der Waals surface area contributed by atoms with E-state index in [1.165, 1.54) is 19.3 Å². The average Bonchev–Trinajstić information content (AvgIpc) is 2.34. The van der Waals surface area contributed by atoms with Crippen LogP contribution >= 0.6 is 0 Å². The highest BCUT2D eigenvalue weighted by Crippen LogP contribution is 2.21. The molecule has 17 heavy (non-hydrogen) atoms. The third kappa shape index (κ3) is 5.17. The molecule has 5 heteroatoms. The molecule has 1 fully saturated rings. The Morgan fingerprint density at radius 2 is 1.94 bits per heavy atom. The summed E-state index contributed by atoms with van der Waals surface area (Å²) in [6, 6.07) is 0.373. The first-order valence-corrected chi connectivity index (χ1v) is 6.29. The summed E-state index contributed by atoms with van der Waals surface area (Å²) in [5, 5.41) is 11.3. The molecule has 1 rings (SSSR count). The molecule has 1 saturated carbocycles. The van der Waals surface area contributed by atoms with Gasteiger partial charge in [0.15, 0.2) is 0 Å². The number of carbonyl (C=O) groups is 2. The number of likely N-dealkylation sites (N-methyl/N-ethyl adjacent to an activating group) is 1. The van der Waals surface area contributed by atoms with E-state index in [0.29, 0.717) is 12.6 Å². The third-order valence-electron chi connectivity index (χ3n) is 3.31. The van der Waals surface area contributed by atoms with Crippen molar-refractivity contribution in [1.82, 2.24) is 10.2 Å². The van der Waals surface area contributed by atoms with Crippen molar-refractivity contribution in [2.24, 2.45) is 0 Å². The summed E-state index contributed by atoms with van der Waals surface area (Å²) in [7, 11) is 1.84. The maximum Gasteiger partial charge on any atom is 0.304 e. The van der Waals surface area contributed by atoms with E-state index < -0.39 is 5.97 Å². The van der Waals surface area contributed by atoms with Crippen LogP contribution in [0.15, 0.2) is 0 Å². The highest BCUT2D eigenvalue weighted by molar-refractivity contribution is 5.78. The first-order valence-electron chi connectivity index (χ1n) is 6.29.